The number of hydrogen-bond acceptors (Lipinski definition) is 6. The number of ether oxygens (including phenoxy) is 1. The summed E-state index contributed by atoms with van der Waals surface area (Å²) in [5.74, 6) is 0.775. The molecule has 180 valence electrons. The Balaban J connectivity index is 1.38. The van der Waals surface area contributed by atoms with Crippen molar-refractivity contribution in [3.05, 3.63) is 59.4 Å². The summed E-state index contributed by atoms with van der Waals surface area (Å²) in [4.78, 5) is 18.6. The van der Waals surface area contributed by atoms with E-state index < -0.39 is 0 Å². The van der Waals surface area contributed by atoms with E-state index in [-0.39, 0.29) is 17.6 Å². The predicted molar refractivity (Wildman–Crippen MR) is 132 cm³/mol. The van der Waals surface area contributed by atoms with E-state index in [1.54, 1.807) is 12.3 Å². The van der Waals surface area contributed by atoms with Gasteiger partial charge >= 0.3 is 6.03 Å². The van der Waals surface area contributed by atoms with Crippen LogP contribution in [0.25, 0.3) is 11.3 Å². The number of aryl methyl sites for hydroxylation is 1. The van der Waals surface area contributed by atoms with Gasteiger partial charge in [0, 0.05) is 49.0 Å². The zero-order chi connectivity index (χ0) is 24.6. The number of nitrogens with zero attached hydrogens (tertiary/aromatic N) is 5. The van der Waals surface area contributed by atoms with E-state index in [2.05, 4.69) is 27.1 Å². The normalized spacial score (nSPS) is 19.4. The second kappa shape index (κ2) is 8.95. The van der Waals surface area contributed by atoms with Crippen LogP contribution in [0, 0.1) is 11.3 Å². The maximum atomic E-state index is 12.4. The van der Waals surface area contributed by atoms with E-state index in [1.165, 1.54) is 5.69 Å². The van der Waals surface area contributed by atoms with E-state index >= 15 is 0 Å². The number of nitrogens with one attached hydrogen (secondary N) is 1. The van der Waals surface area contributed by atoms with Gasteiger partial charge in [-0.1, -0.05) is 12.1 Å². The Bertz CT molecular complexity index is 1310. The smallest absolute Gasteiger partial charge is 0.317 e. The van der Waals surface area contributed by atoms with Crippen molar-refractivity contribution in [2.45, 2.75) is 44.8 Å². The van der Waals surface area contributed by atoms with Crippen molar-refractivity contribution in [1.29, 1.82) is 5.26 Å². The number of rotatable bonds is 5. The zero-order valence-electron chi connectivity index (χ0n) is 20.0. The summed E-state index contributed by atoms with van der Waals surface area (Å²) >= 11 is 0. The molecule has 9 nitrogen and oxygen atoms in total. The quantitative estimate of drug-likeness (QED) is 0.586. The molecule has 0 saturated carbocycles. The fraction of sp³-hybridized carbons (Fsp3) is 0.385. The summed E-state index contributed by atoms with van der Waals surface area (Å²) in [5.41, 5.74) is 10.3. The van der Waals surface area contributed by atoms with Gasteiger partial charge in [-0.05, 0) is 56.5 Å². The molecule has 1 spiro atoms. The number of pyridine rings is 1. The first kappa shape index (κ1) is 22.7. The van der Waals surface area contributed by atoms with Crippen LogP contribution in [0.4, 0.5) is 10.6 Å². The average molecular weight is 472 g/mol. The Morgan fingerprint density at radius 1 is 1.31 bits per heavy atom. The van der Waals surface area contributed by atoms with Crippen LogP contribution in [-0.2, 0) is 12.0 Å². The number of nitriles is 1. The van der Waals surface area contributed by atoms with Gasteiger partial charge in [0.25, 0.3) is 0 Å². The highest BCUT2D eigenvalue weighted by atomic mass is 16.5. The van der Waals surface area contributed by atoms with Crippen LogP contribution in [0.1, 0.15) is 49.6 Å². The Morgan fingerprint density at radius 3 is 2.94 bits per heavy atom. The molecule has 0 unspecified atom stereocenters. The number of nitrogen functional groups attached to an aromatic ring is 1. The van der Waals surface area contributed by atoms with E-state index in [9.17, 15) is 10.1 Å². The lowest BCUT2D eigenvalue weighted by Gasteiger charge is -2.23. The molecule has 5 rings (SSSR count). The fourth-order valence-corrected chi connectivity index (χ4v) is 5.13. The van der Waals surface area contributed by atoms with Gasteiger partial charge in [0.15, 0.2) is 11.6 Å². The first-order valence-corrected chi connectivity index (χ1v) is 12.0. The summed E-state index contributed by atoms with van der Waals surface area (Å²) in [6.07, 6.45) is 3.32. The zero-order valence-corrected chi connectivity index (χ0v) is 20.0. The number of benzene rings is 1. The molecule has 35 heavy (non-hydrogen) atoms. The van der Waals surface area contributed by atoms with Crippen LogP contribution in [0.2, 0.25) is 0 Å². The highest BCUT2D eigenvalue weighted by Gasteiger charge is 2.46. The van der Waals surface area contributed by atoms with Gasteiger partial charge in [-0.2, -0.15) is 10.4 Å². The van der Waals surface area contributed by atoms with Crippen molar-refractivity contribution in [2.24, 2.45) is 0 Å². The number of nitrogens with two attached hydrogens (primary N) is 1. The van der Waals surface area contributed by atoms with Gasteiger partial charge in [-0.25, -0.2) is 9.78 Å². The monoisotopic (exact) mass is 471 g/mol. The molecule has 2 aromatic heterocycles. The summed E-state index contributed by atoms with van der Waals surface area (Å²) in [6, 6.07) is 13.5. The molecule has 9 heteroatoms. The Morgan fingerprint density at radius 2 is 2.14 bits per heavy atom. The molecule has 3 N–H and O–H groups in total. The molecular formula is C26H29N7O2. The van der Waals surface area contributed by atoms with Crippen LogP contribution in [-0.4, -0.2) is 45.3 Å². The summed E-state index contributed by atoms with van der Waals surface area (Å²) in [7, 11) is 0. The van der Waals surface area contributed by atoms with Crippen LogP contribution in [0.3, 0.4) is 0 Å². The number of carbonyl (C=O) groups excluding carboxylic acids is 1. The molecule has 2 amide bonds. The number of fused-ring (bicyclic) bond motifs is 2. The van der Waals surface area contributed by atoms with Crippen LogP contribution >= 0.6 is 0 Å². The van der Waals surface area contributed by atoms with E-state index in [0.29, 0.717) is 30.2 Å². The minimum Gasteiger partial charge on any atom is -0.482 e. The molecule has 0 bridgehead atoms. The summed E-state index contributed by atoms with van der Waals surface area (Å²) in [6.45, 7) is 6.76. The second-order valence-electron chi connectivity index (χ2n) is 9.28. The number of urea groups is 1. The van der Waals surface area contributed by atoms with Crippen molar-refractivity contribution < 1.29 is 9.53 Å². The number of aromatic nitrogens is 3. The molecule has 1 saturated heterocycles. The predicted octanol–water partition coefficient (Wildman–Crippen LogP) is 3.62. The maximum Gasteiger partial charge on any atom is 0.317 e. The second-order valence-corrected chi connectivity index (χ2v) is 9.28. The van der Waals surface area contributed by atoms with Crippen LogP contribution < -0.4 is 15.8 Å². The minimum absolute atomic E-state index is 0.00140. The van der Waals surface area contributed by atoms with Gasteiger partial charge in [0.05, 0.1) is 17.3 Å². The maximum absolute atomic E-state index is 12.4. The molecule has 4 heterocycles. The molecule has 1 fully saturated rings. The molecule has 2 atom stereocenters. The van der Waals surface area contributed by atoms with Crippen molar-refractivity contribution in [1.82, 2.24) is 25.0 Å². The summed E-state index contributed by atoms with van der Waals surface area (Å²) < 4.78 is 8.20. The number of amides is 2. The Kier molecular flexibility index (Phi) is 5.81. The van der Waals surface area contributed by atoms with Crippen molar-refractivity contribution >= 4 is 11.8 Å². The molecule has 1 aromatic carbocycles. The van der Waals surface area contributed by atoms with Gasteiger partial charge < -0.3 is 20.7 Å². The van der Waals surface area contributed by atoms with Crippen molar-refractivity contribution in [3.8, 4) is 23.1 Å². The third-order valence-corrected chi connectivity index (χ3v) is 7.06. The molecule has 2 aliphatic heterocycles. The van der Waals surface area contributed by atoms with Gasteiger partial charge in [0.2, 0.25) is 0 Å². The lowest BCUT2D eigenvalue weighted by atomic mass is 9.82. The Hall–Kier alpha value is -4.06. The molecular weight excluding hydrogens is 442 g/mol. The first-order chi connectivity index (χ1) is 16.9. The standard InChI is InChI=1S/C26H29N7O2/c1-3-29-25(34)32-9-7-26(16-32)8-10-33-23(26)13-21(31-33)20-12-22(24(28)30-15-20)35-17(2)19-6-4-5-18(11-19)14-27/h4-6,11-13,15,17H,3,7-10,16H2,1-2H3,(H2,28,30)(H,29,34)/t17-,26-/m1/s1. The average Bonchev–Trinajstić information content (AvgIpc) is 3.57. The van der Waals surface area contributed by atoms with Gasteiger partial charge in [-0.3, -0.25) is 4.68 Å². The summed E-state index contributed by atoms with van der Waals surface area (Å²) in [5, 5.41) is 16.9. The van der Waals surface area contributed by atoms with Crippen molar-refractivity contribution in [3.63, 3.8) is 0 Å². The van der Waals surface area contributed by atoms with Crippen molar-refractivity contribution in [2.75, 3.05) is 25.4 Å². The molecule has 3 aromatic rings. The van der Waals surface area contributed by atoms with E-state index in [0.717, 1.165) is 42.8 Å². The lowest BCUT2D eigenvalue weighted by molar-refractivity contribution is 0.206. The highest BCUT2D eigenvalue weighted by Crippen LogP contribution is 2.44. The van der Waals surface area contributed by atoms with E-state index in [4.69, 9.17) is 15.6 Å². The number of carbonyl (C=O) groups is 1. The van der Waals surface area contributed by atoms with Gasteiger partial charge in [0.1, 0.15) is 6.10 Å². The number of hydrogen-bond donors (Lipinski definition) is 2. The van der Waals surface area contributed by atoms with E-state index in [1.807, 2.05) is 43.0 Å². The highest BCUT2D eigenvalue weighted by molar-refractivity contribution is 5.75. The largest absolute Gasteiger partial charge is 0.482 e. The number of anilines is 1. The molecule has 2 aliphatic rings. The van der Waals surface area contributed by atoms with Crippen LogP contribution in [0.5, 0.6) is 5.75 Å². The third kappa shape index (κ3) is 4.16. The first-order valence-electron chi connectivity index (χ1n) is 12.0. The fourth-order valence-electron chi connectivity index (χ4n) is 5.13. The lowest BCUT2D eigenvalue weighted by Crippen LogP contribution is -2.40. The minimum atomic E-state index is -0.309. The van der Waals surface area contributed by atoms with Crippen LogP contribution in [0.15, 0.2) is 42.6 Å². The SMILES string of the molecule is CCNC(=O)N1CC[C@@]2(CCn3nc(-c4cnc(N)c(O[C@H](C)c5cccc(C#N)c5)c4)cc32)C1. The molecule has 0 radical (unpaired) electrons. The third-order valence-electron chi connectivity index (χ3n) is 7.06. The topological polar surface area (TPSA) is 122 Å². The molecule has 0 aliphatic carbocycles. The number of likely N-dealkylation sites (tertiary alicyclic amines) is 1. The van der Waals surface area contributed by atoms with Gasteiger partial charge in [-0.15, -0.1) is 0 Å². The Labute approximate surface area is 204 Å².